The Morgan fingerprint density at radius 2 is 2.12 bits per heavy atom. The van der Waals surface area contributed by atoms with E-state index >= 15 is 0 Å². The van der Waals surface area contributed by atoms with Gasteiger partial charge in [0.15, 0.2) is 0 Å². The van der Waals surface area contributed by atoms with Crippen LogP contribution in [-0.2, 0) is 16.6 Å². The Labute approximate surface area is 103 Å². The van der Waals surface area contributed by atoms with E-state index in [-0.39, 0.29) is 0 Å². The summed E-state index contributed by atoms with van der Waals surface area (Å²) in [5.41, 5.74) is 8.33. The fourth-order valence-electron chi connectivity index (χ4n) is 1.57. The topological polar surface area (TPSA) is 56.0 Å². The largest absolute Gasteiger partial charge is 0.398 e. The summed E-state index contributed by atoms with van der Waals surface area (Å²) >= 11 is 0. The van der Waals surface area contributed by atoms with E-state index < -0.39 is 10.8 Å². The van der Waals surface area contributed by atoms with Gasteiger partial charge in [-0.15, -0.1) is 0 Å². The van der Waals surface area contributed by atoms with Gasteiger partial charge in [0.05, 0.1) is 27.1 Å². The van der Waals surface area contributed by atoms with Gasteiger partial charge in [-0.1, -0.05) is 12.1 Å². The number of aryl methyl sites for hydroxylation is 1. The molecule has 17 heavy (non-hydrogen) atoms. The van der Waals surface area contributed by atoms with Gasteiger partial charge in [0.2, 0.25) is 0 Å². The molecule has 0 fully saturated rings. The second-order valence-corrected chi connectivity index (χ2v) is 5.27. The van der Waals surface area contributed by atoms with Crippen LogP contribution in [0.15, 0.2) is 47.5 Å². The minimum Gasteiger partial charge on any atom is -0.398 e. The lowest BCUT2D eigenvalue weighted by atomic mass is 10.2. The highest BCUT2D eigenvalue weighted by Crippen LogP contribution is 2.19. The van der Waals surface area contributed by atoms with Gasteiger partial charge in [0.25, 0.3) is 0 Å². The molecule has 1 unspecified atom stereocenters. The molecule has 1 heterocycles. The minimum absolute atomic E-state index is 0.397. The highest BCUT2D eigenvalue weighted by molar-refractivity contribution is 7.84. The number of nitrogens with two attached hydrogens (primary N) is 1. The van der Waals surface area contributed by atoms with Gasteiger partial charge in [0.1, 0.15) is 0 Å². The third-order valence-electron chi connectivity index (χ3n) is 2.42. The number of hydrogen-bond acceptors (Lipinski definition) is 3. The lowest BCUT2D eigenvalue weighted by molar-refractivity contribution is 0.682. The van der Waals surface area contributed by atoms with Crippen LogP contribution < -0.4 is 5.73 Å². The van der Waals surface area contributed by atoms with Gasteiger partial charge in [-0.3, -0.25) is 9.19 Å². The van der Waals surface area contributed by atoms with E-state index in [4.69, 9.17) is 5.73 Å². The van der Waals surface area contributed by atoms with Gasteiger partial charge in [-0.2, -0.15) is 0 Å². The maximum atomic E-state index is 12.1. The molecule has 4 heteroatoms. The molecular formula is C13H14N2OS. The zero-order valence-corrected chi connectivity index (χ0v) is 10.4. The SMILES string of the molecule is Cc1ccc(S(=O)Cc2ccccn2)c(N)c1. The average molecular weight is 246 g/mol. The van der Waals surface area contributed by atoms with Crippen molar-refractivity contribution in [2.24, 2.45) is 0 Å². The molecule has 0 bridgehead atoms. The Morgan fingerprint density at radius 1 is 1.29 bits per heavy atom. The Morgan fingerprint density at radius 3 is 2.76 bits per heavy atom. The van der Waals surface area contributed by atoms with Crippen LogP contribution in [0.4, 0.5) is 5.69 Å². The normalized spacial score (nSPS) is 12.3. The molecule has 0 radical (unpaired) electrons. The van der Waals surface area contributed by atoms with E-state index in [0.29, 0.717) is 16.3 Å². The van der Waals surface area contributed by atoms with Crippen molar-refractivity contribution in [3.63, 3.8) is 0 Å². The fourth-order valence-corrected chi connectivity index (χ4v) is 2.71. The van der Waals surface area contributed by atoms with Crippen LogP contribution in [0.25, 0.3) is 0 Å². The van der Waals surface area contributed by atoms with Crippen LogP contribution >= 0.6 is 0 Å². The number of benzene rings is 1. The summed E-state index contributed by atoms with van der Waals surface area (Å²) in [6.07, 6.45) is 1.70. The first-order valence-electron chi connectivity index (χ1n) is 5.31. The number of anilines is 1. The standard InChI is InChI=1S/C13H14N2OS/c1-10-5-6-13(12(14)8-10)17(16)9-11-4-2-3-7-15-11/h2-8H,9,14H2,1H3. The van der Waals surface area contributed by atoms with Crippen molar-refractivity contribution in [2.45, 2.75) is 17.6 Å². The highest BCUT2D eigenvalue weighted by atomic mass is 32.2. The summed E-state index contributed by atoms with van der Waals surface area (Å²) in [4.78, 5) is 4.84. The van der Waals surface area contributed by atoms with Crippen molar-refractivity contribution < 1.29 is 4.21 Å². The summed E-state index contributed by atoms with van der Waals surface area (Å²) in [6.45, 7) is 1.96. The third kappa shape index (κ3) is 2.91. The number of hydrogen-bond donors (Lipinski definition) is 1. The van der Waals surface area contributed by atoms with E-state index in [1.165, 1.54) is 0 Å². The maximum Gasteiger partial charge on any atom is 0.0706 e. The summed E-state index contributed by atoms with van der Waals surface area (Å²) < 4.78 is 12.1. The van der Waals surface area contributed by atoms with Gasteiger partial charge in [0, 0.05) is 11.9 Å². The number of rotatable bonds is 3. The van der Waals surface area contributed by atoms with E-state index in [1.54, 1.807) is 6.20 Å². The van der Waals surface area contributed by atoms with Crippen LogP contribution in [0.5, 0.6) is 0 Å². The van der Waals surface area contributed by atoms with Crippen LogP contribution in [0.3, 0.4) is 0 Å². The van der Waals surface area contributed by atoms with Crippen molar-refractivity contribution in [3.8, 4) is 0 Å². The van der Waals surface area contributed by atoms with Crippen molar-refractivity contribution in [3.05, 3.63) is 53.9 Å². The molecule has 2 rings (SSSR count). The second-order valence-electron chi connectivity index (χ2n) is 3.85. The van der Waals surface area contributed by atoms with Crippen molar-refractivity contribution in [2.75, 3.05) is 5.73 Å². The van der Waals surface area contributed by atoms with E-state index in [2.05, 4.69) is 4.98 Å². The molecule has 1 atom stereocenters. The molecule has 0 aliphatic rings. The summed E-state index contributed by atoms with van der Waals surface area (Å²) in [7, 11) is -1.14. The number of aromatic nitrogens is 1. The number of nitrogens with zero attached hydrogens (tertiary/aromatic N) is 1. The zero-order valence-electron chi connectivity index (χ0n) is 9.59. The average Bonchev–Trinajstić information content (AvgIpc) is 2.30. The molecule has 0 aliphatic heterocycles. The molecule has 2 N–H and O–H groups in total. The van der Waals surface area contributed by atoms with Crippen LogP contribution in [-0.4, -0.2) is 9.19 Å². The van der Waals surface area contributed by atoms with Gasteiger partial charge >= 0.3 is 0 Å². The van der Waals surface area contributed by atoms with Crippen LogP contribution in [0.1, 0.15) is 11.3 Å². The summed E-state index contributed by atoms with van der Waals surface area (Å²) in [5.74, 6) is 0.397. The Bertz CT molecular complexity index is 540. The predicted octanol–water partition coefficient (Wildman–Crippen LogP) is 2.28. The first-order valence-corrected chi connectivity index (χ1v) is 6.63. The minimum atomic E-state index is -1.14. The molecule has 2 aromatic rings. The van der Waals surface area contributed by atoms with Crippen molar-refractivity contribution in [1.82, 2.24) is 4.98 Å². The van der Waals surface area contributed by atoms with Gasteiger partial charge in [-0.25, -0.2) is 0 Å². The molecule has 0 saturated carbocycles. The zero-order chi connectivity index (χ0) is 12.3. The summed E-state index contributed by atoms with van der Waals surface area (Å²) in [6, 6.07) is 11.2. The molecule has 1 aromatic heterocycles. The molecule has 0 amide bonds. The lowest BCUT2D eigenvalue weighted by Crippen LogP contribution is -2.02. The number of pyridine rings is 1. The first-order chi connectivity index (χ1) is 8.16. The Hall–Kier alpha value is -1.68. The number of nitrogen functional groups attached to an aromatic ring is 1. The lowest BCUT2D eigenvalue weighted by Gasteiger charge is -2.06. The second kappa shape index (κ2) is 5.10. The van der Waals surface area contributed by atoms with E-state index in [9.17, 15) is 4.21 Å². The molecule has 3 nitrogen and oxygen atoms in total. The molecule has 0 spiro atoms. The van der Waals surface area contributed by atoms with Crippen LogP contribution in [0.2, 0.25) is 0 Å². The van der Waals surface area contributed by atoms with Crippen LogP contribution in [0, 0.1) is 6.92 Å². The monoisotopic (exact) mass is 246 g/mol. The molecule has 0 aliphatic carbocycles. The third-order valence-corrected chi connectivity index (χ3v) is 3.84. The molecule has 88 valence electrons. The fraction of sp³-hybridized carbons (Fsp3) is 0.154. The summed E-state index contributed by atoms with van der Waals surface area (Å²) in [5, 5.41) is 0. The Balaban J connectivity index is 2.21. The van der Waals surface area contributed by atoms with Gasteiger partial charge < -0.3 is 5.73 Å². The Kier molecular flexibility index (Phi) is 3.54. The van der Waals surface area contributed by atoms with E-state index in [0.717, 1.165) is 11.3 Å². The van der Waals surface area contributed by atoms with Crippen molar-refractivity contribution >= 4 is 16.5 Å². The predicted molar refractivity (Wildman–Crippen MR) is 69.9 cm³/mol. The molecule has 1 aromatic carbocycles. The first kappa shape index (κ1) is 11.8. The van der Waals surface area contributed by atoms with Crippen molar-refractivity contribution in [1.29, 1.82) is 0 Å². The molecule has 0 saturated heterocycles. The smallest absolute Gasteiger partial charge is 0.0706 e. The highest BCUT2D eigenvalue weighted by Gasteiger charge is 2.09. The van der Waals surface area contributed by atoms with Gasteiger partial charge in [-0.05, 0) is 36.8 Å². The quantitative estimate of drug-likeness (QED) is 0.845. The molecular weight excluding hydrogens is 232 g/mol. The maximum absolute atomic E-state index is 12.1. The van der Waals surface area contributed by atoms with E-state index in [1.807, 2.05) is 43.3 Å².